The Labute approximate surface area is 157 Å². The lowest BCUT2D eigenvalue weighted by Gasteiger charge is -2.08. The first-order valence-corrected chi connectivity index (χ1v) is 9.38. The van der Waals surface area contributed by atoms with Crippen LogP contribution in [0.4, 0.5) is 0 Å². The number of hydrogen-bond donors (Lipinski definition) is 0. The molecule has 0 radical (unpaired) electrons. The summed E-state index contributed by atoms with van der Waals surface area (Å²) in [7, 11) is 0. The quantitative estimate of drug-likeness (QED) is 0.634. The molecule has 134 valence electrons. The van der Waals surface area contributed by atoms with Crippen molar-refractivity contribution in [3.8, 4) is 16.3 Å². The monoisotopic (exact) mass is 366 g/mol. The Morgan fingerprint density at radius 2 is 1.73 bits per heavy atom. The van der Waals surface area contributed by atoms with E-state index < -0.39 is 5.97 Å². The molecular weight excluding hydrogens is 346 g/mol. The molecular formula is C21H20NO3S-. The number of carbonyl (C=O) groups is 1. The van der Waals surface area contributed by atoms with E-state index in [-0.39, 0.29) is 4.88 Å². The van der Waals surface area contributed by atoms with Crippen LogP contribution in [-0.4, -0.2) is 11.0 Å². The van der Waals surface area contributed by atoms with E-state index in [2.05, 4.69) is 24.0 Å². The molecule has 1 aromatic heterocycles. The van der Waals surface area contributed by atoms with E-state index in [1.54, 1.807) is 6.92 Å². The Morgan fingerprint density at radius 1 is 1.08 bits per heavy atom. The van der Waals surface area contributed by atoms with Crippen LogP contribution in [0.15, 0.2) is 48.5 Å². The third-order valence-electron chi connectivity index (χ3n) is 4.05. The Kier molecular flexibility index (Phi) is 5.68. The molecule has 3 rings (SSSR count). The zero-order valence-corrected chi connectivity index (χ0v) is 15.6. The fraction of sp³-hybridized carbons (Fsp3) is 0.238. The number of carboxylic acid groups (broad SMARTS) is 1. The number of aromatic carboxylic acids is 1. The molecule has 0 aliphatic carbocycles. The van der Waals surface area contributed by atoms with Gasteiger partial charge in [-0.05, 0) is 36.6 Å². The van der Waals surface area contributed by atoms with Gasteiger partial charge in [0.15, 0.2) is 0 Å². The Hall–Kier alpha value is -2.66. The van der Waals surface area contributed by atoms with Crippen LogP contribution in [-0.2, 0) is 13.0 Å². The molecule has 0 saturated carbocycles. The van der Waals surface area contributed by atoms with Crippen LogP contribution in [0, 0.1) is 6.92 Å². The van der Waals surface area contributed by atoms with Gasteiger partial charge in [-0.2, -0.15) is 0 Å². The summed E-state index contributed by atoms with van der Waals surface area (Å²) in [4.78, 5) is 15.5. The van der Waals surface area contributed by atoms with Gasteiger partial charge in [-0.3, -0.25) is 0 Å². The summed E-state index contributed by atoms with van der Waals surface area (Å²) in [5.41, 5.74) is 3.74. The van der Waals surface area contributed by atoms with E-state index in [4.69, 9.17) is 4.74 Å². The molecule has 3 aromatic rings. The molecule has 0 aliphatic rings. The first-order chi connectivity index (χ1) is 12.6. The van der Waals surface area contributed by atoms with Crippen LogP contribution in [0.25, 0.3) is 10.6 Å². The summed E-state index contributed by atoms with van der Waals surface area (Å²) < 4.78 is 5.83. The number of thiazole rings is 1. The van der Waals surface area contributed by atoms with E-state index in [1.807, 2.05) is 36.4 Å². The van der Waals surface area contributed by atoms with Gasteiger partial charge in [0.1, 0.15) is 17.4 Å². The van der Waals surface area contributed by atoms with Crippen LogP contribution in [0.1, 0.15) is 39.8 Å². The number of hydrogen-bond acceptors (Lipinski definition) is 5. The highest BCUT2D eigenvalue weighted by Gasteiger charge is 2.10. The Balaban J connectivity index is 1.64. The molecule has 2 aromatic carbocycles. The van der Waals surface area contributed by atoms with Crippen molar-refractivity contribution in [1.82, 2.24) is 4.98 Å². The van der Waals surface area contributed by atoms with Crippen LogP contribution in [0.5, 0.6) is 5.75 Å². The fourth-order valence-electron chi connectivity index (χ4n) is 2.66. The minimum absolute atomic E-state index is 0.180. The standard InChI is InChI=1S/C21H21NO3S/c1-3-4-15-7-11-18(12-8-15)25-13-16-5-9-17(10-6-16)20-22-14(2)19(26-20)21(23)24/h5-12H,3-4,13H2,1-2H3,(H,23,24)/p-1. The summed E-state index contributed by atoms with van der Waals surface area (Å²) in [6, 6.07) is 16.0. The van der Waals surface area contributed by atoms with Gasteiger partial charge >= 0.3 is 0 Å². The maximum atomic E-state index is 11.0. The first-order valence-electron chi connectivity index (χ1n) is 8.56. The van der Waals surface area contributed by atoms with Gasteiger partial charge in [0, 0.05) is 5.56 Å². The summed E-state index contributed by atoms with van der Waals surface area (Å²) in [6.07, 6.45) is 2.22. The largest absolute Gasteiger partial charge is 0.544 e. The third kappa shape index (κ3) is 4.29. The van der Waals surface area contributed by atoms with Crippen molar-refractivity contribution < 1.29 is 14.6 Å². The average molecular weight is 366 g/mol. The highest BCUT2D eigenvalue weighted by atomic mass is 32.1. The molecule has 4 nitrogen and oxygen atoms in total. The molecule has 5 heteroatoms. The molecule has 0 spiro atoms. The normalized spacial score (nSPS) is 10.7. The van der Waals surface area contributed by atoms with Gasteiger partial charge in [0.05, 0.1) is 16.5 Å². The Morgan fingerprint density at radius 3 is 2.31 bits per heavy atom. The summed E-state index contributed by atoms with van der Waals surface area (Å²) >= 11 is 1.14. The lowest BCUT2D eigenvalue weighted by Crippen LogP contribution is -2.21. The summed E-state index contributed by atoms with van der Waals surface area (Å²) in [6.45, 7) is 4.33. The van der Waals surface area contributed by atoms with Gasteiger partial charge in [-0.15, -0.1) is 11.3 Å². The highest BCUT2D eigenvalue weighted by Crippen LogP contribution is 2.28. The SMILES string of the molecule is CCCc1ccc(OCc2ccc(-c3nc(C)c(C(=O)[O-])s3)cc2)cc1. The molecule has 0 saturated heterocycles. The number of aromatic nitrogens is 1. The topological polar surface area (TPSA) is 62.2 Å². The van der Waals surface area contributed by atoms with Crippen molar-refractivity contribution in [1.29, 1.82) is 0 Å². The van der Waals surface area contributed by atoms with Crippen molar-refractivity contribution in [2.75, 3.05) is 0 Å². The molecule has 0 N–H and O–H groups in total. The van der Waals surface area contributed by atoms with Crippen LogP contribution >= 0.6 is 11.3 Å². The second-order valence-corrected chi connectivity index (χ2v) is 7.10. The van der Waals surface area contributed by atoms with Gasteiger partial charge in [0.2, 0.25) is 0 Å². The zero-order chi connectivity index (χ0) is 18.5. The number of benzene rings is 2. The van der Waals surface area contributed by atoms with E-state index in [0.717, 1.165) is 41.1 Å². The second-order valence-electron chi connectivity index (χ2n) is 6.10. The lowest BCUT2D eigenvalue weighted by molar-refractivity contribution is -0.254. The molecule has 0 unspecified atom stereocenters. The maximum absolute atomic E-state index is 11.0. The fourth-order valence-corrected chi connectivity index (χ4v) is 3.57. The lowest BCUT2D eigenvalue weighted by atomic mass is 10.1. The molecule has 0 fully saturated rings. The van der Waals surface area contributed by atoms with Gasteiger partial charge in [-0.25, -0.2) is 4.98 Å². The predicted molar refractivity (Wildman–Crippen MR) is 101 cm³/mol. The number of rotatable bonds is 7. The highest BCUT2D eigenvalue weighted by molar-refractivity contribution is 7.17. The minimum atomic E-state index is -1.18. The maximum Gasteiger partial charge on any atom is 0.124 e. The zero-order valence-electron chi connectivity index (χ0n) is 14.8. The van der Waals surface area contributed by atoms with Crippen LogP contribution < -0.4 is 9.84 Å². The van der Waals surface area contributed by atoms with Crippen molar-refractivity contribution in [3.05, 3.63) is 70.2 Å². The Bertz CT molecular complexity index is 883. The van der Waals surface area contributed by atoms with E-state index in [1.165, 1.54) is 5.56 Å². The number of ether oxygens (including phenoxy) is 1. The smallest absolute Gasteiger partial charge is 0.124 e. The van der Waals surface area contributed by atoms with E-state index in [0.29, 0.717) is 17.3 Å². The summed E-state index contributed by atoms with van der Waals surface area (Å²) in [5, 5.41) is 11.7. The predicted octanol–water partition coefficient (Wildman–Crippen LogP) is 4.01. The number of nitrogens with zero attached hydrogens (tertiary/aromatic N) is 1. The molecule has 0 bridgehead atoms. The van der Waals surface area contributed by atoms with Crippen LogP contribution in [0.3, 0.4) is 0 Å². The van der Waals surface area contributed by atoms with Crippen molar-refractivity contribution in [2.24, 2.45) is 0 Å². The average Bonchev–Trinajstić information content (AvgIpc) is 3.04. The molecule has 26 heavy (non-hydrogen) atoms. The van der Waals surface area contributed by atoms with Crippen molar-refractivity contribution in [3.63, 3.8) is 0 Å². The minimum Gasteiger partial charge on any atom is -0.544 e. The first kappa shape index (κ1) is 18.1. The number of aryl methyl sites for hydroxylation is 2. The van der Waals surface area contributed by atoms with Gasteiger partial charge < -0.3 is 14.6 Å². The molecule has 0 aliphatic heterocycles. The second kappa shape index (κ2) is 8.15. The molecule has 0 amide bonds. The molecule has 0 atom stereocenters. The van der Waals surface area contributed by atoms with Gasteiger partial charge in [0.25, 0.3) is 0 Å². The number of carboxylic acids is 1. The third-order valence-corrected chi connectivity index (χ3v) is 5.24. The van der Waals surface area contributed by atoms with Crippen LogP contribution in [0.2, 0.25) is 0 Å². The molecule has 1 heterocycles. The van der Waals surface area contributed by atoms with Crippen molar-refractivity contribution in [2.45, 2.75) is 33.3 Å². The summed E-state index contributed by atoms with van der Waals surface area (Å²) in [5.74, 6) is -0.329. The number of carbonyl (C=O) groups excluding carboxylic acids is 1. The van der Waals surface area contributed by atoms with E-state index >= 15 is 0 Å². The van der Waals surface area contributed by atoms with E-state index in [9.17, 15) is 9.90 Å². The van der Waals surface area contributed by atoms with Crippen molar-refractivity contribution >= 4 is 17.3 Å². The van der Waals surface area contributed by atoms with Gasteiger partial charge in [-0.1, -0.05) is 49.7 Å².